The highest BCUT2D eigenvalue weighted by atomic mass is 79.9. The maximum absolute atomic E-state index is 5.70. The number of hydrogen-bond acceptors (Lipinski definition) is 4. The quantitative estimate of drug-likeness (QED) is 0.865. The molecule has 0 aliphatic carbocycles. The van der Waals surface area contributed by atoms with Crippen molar-refractivity contribution in [2.45, 2.75) is 18.9 Å². The van der Waals surface area contributed by atoms with Gasteiger partial charge in [0.05, 0.1) is 16.5 Å². The van der Waals surface area contributed by atoms with E-state index in [0.717, 1.165) is 45.6 Å². The number of likely N-dealkylation sites (N-methyl/N-ethyl adjacent to an activating group) is 1. The largest absolute Gasteiger partial charge is 0.376 e. The lowest BCUT2D eigenvalue weighted by molar-refractivity contribution is 0.0188. The van der Waals surface area contributed by atoms with E-state index in [2.05, 4.69) is 45.3 Å². The Morgan fingerprint density at radius 3 is 3.06 bits per heavy atom. The molecule has 0 amide bonds. The van der Waals surface area contributed by atoms with Crippen molar-refractivity contribution in [3.63, 3.8) is 0 Å². The second-order valence-electron chi connectivity index (χ2n) is 4.74. The number of ether oxygens (including phenoxy) is 1. The van der Waals surface area contributed by atoms with Gasteiger partial charge in [-0.25, -0.2) is 0 Å². The van der Waals surface area contributed by atoms with Gasteiger partial charge in [-0.1, -0.05) is 0 Å². The Bertz CT molecular complexity index is 353. The molecule has 1 unspecified atom stereocenters. The molecule has 2 heterocycles. The van der Waals surface area contributed by atoms with Crippen LogP contribution in [0.25, 0.3) is 0 Å². The monoisotopic (exact) mass is 332 g/mol. The normalized spacial score (nSPS) is 20.5. The van der Waals surface area contributed by atoms with Crippen molar-refractivity contribution >= 4 is 27.3 Å². The SMILES string of the molecule is CN(CCc1ccc(Br)s1)CCC1CNCCO1. The Morgan fingerprint density at radius 2 is 2.39 bits per heavy atom. The Kier molecular flexibility index (Phi) is 6.11. The molecule has 0 saturated carbocycles. The molecular formula is C13H21BrN2OS. The van der Waals surface area contributed by atoms with Crippen molar-refractivity contribution in [1.29, 1.82) is 0 Å². The summed E-state index contributed by atoms with van der Waals surface area (Å²) in [5.41, 5.74) is 0. The topological polar surface area (TPSA) is 24.5 Å². The molecule has 1 fully saturated rings. The van der Waals surface area contributed by atoms with Crippen LogP contribution in [0.15, 0.2) is 15.9 Å². The van der Waals surface area contributed by atoms with Crippen molar-refractivity contribution < 1.29 is 4.74 Å². The molecule has 1 saturated heterocycles. The van der Waals surface area contributed by atoms with Gasteiger partial charge in [0.1, 0.15) is 0 Å². The first-order valence-corrected chi connectivity index (χ1v) is 8.10. The molecule has 0 bridgehead atoms. The zero-order valence-corrected chi connectivity index (χ0v) is 13.2. The van der Waals surface area contributed by atoms with Gasteiger partial charge in [-0.05, 0) is 48.0 Å². The molecule has 102 valence electrons. The summed E-state index contributed by atoms with van der Waals surface area (Å²) in [5, 5.41) is 3.37. The molecular weight excluding hydrogens is 312 g/mol. The predicted molar refractivity (Wildman–Crippen MR) is 80.4 cm³/mol. The fourth-order valence-electron chi connectivity index (χ4n) is 2.07. The van der Waals surface area contributed by atoms with E-state index < -0.39 is 0 Å². The molecule has 18 heavy (non-hydrogen) atoms. The number of thiophene rings is 1. The van der Waals surface area contributed by atoms with Crippen molar-refractivity contribution in [3.8, 4) is 0 Å². The van der Waals surface area contributed by atoms with E-state index >= 15 is 0 Å². The smallest absolute Gasteiger partial charge is 0.0712 e. The number of nitrogens with zero attached hydrogens (tertiary/aromatic N) is 1. The van der Waals surface area contributed by atoms with Crippen molar-refractivity contribution in [1.82, 2.24) is 10.2 Å². The minimum atomic E-state index is 0.400. The highest BCUT2D eigenvalue weighted by molar-refractivity contribution is 9.11. The lowest BCUT2D eigenvalue weighted by Crippen LogP contribution is -2.40. The van der Waals surface area contributed by atoms with Crippen molar-refractivity contribution in [2.75, 3.05) is 39.8 Å². The summed E-state index contributed by atoms with van der Waals surface area (Å²) in [7, 11) is 2.19. The van der Waals surface area contributed by atoms with Gasteiger partial charge in [-0.2, -0.15) is 0 Å². The number of morpholine rings is 1. The lowest BCUT2D eigenvalue weighted by Gasteiger charge is -2.25. The van der Waals surface area contributed by atoms with E-state index in [0.29, 0.717) is 6.10 Å². The van der Waals surface area contributed by atoms with E-state index in [1.54, 1.807) is 0 Å². The molecule has 1 N–H and O–H groups in total. The number of nitrogens with one attached hydrogen (secondary N) is 1. The van der Waals surface area contributed by atoms with Crippen LogP contribution in [0.2, 0.25) is 0 Å². The second-order valence-corrected chi connectivity index (χ2v) is 7.29. The van der Waals surface area contributed by atoms with Gasteiger partial charge in [0.2, 0.25) is 0 Å². The third-order valence-electron chi connectivity index (χ3n) is 3.21. The minimum absolute atomic E-state index is 0.400. The van der Waals surface area contributed by atoms with Crippen LogP contribution < -0.4 is 5.32 Å². The molecule has 0 spiro atoms. The van der Waals surface area contributed by atoms with E-state index in [9.17, 15) is 0 Å². The summed E-state index contributed by atoms with van der Waals surface area (Å²) < 4.78 is 6.93. The maximum Gasteiger partial charge on any atom is 0.0712 e. The van der Waals surface area contributed by atoms with E-state index in [1.807, 2.05) is 11.3 Å². The molecule has 1 aromatic heterocycles. The standard InChI is InChI=1S/C13H21BrN2OS/c1-16(7-4-11-10-15-6-9-17-11)8-5-12-2-3-13(14)18-12/h2-3,11,15H,4-10H2,1H3. The Hall–Kier alpha value is 0.0600. The predicted octanol–water partition coefficient (Wildman–Crippen LogP) is 2.36. The molecule has 1 aromatic rings. The van der Waals surface area contributed by atoms with Crippen LogP contribution in [0.4, 0.5) is 0 Å². The van der Waals surface area contributed by atoms with Gasteiger partial charge in [-0.3, -0.25) is 0 Å². The summed E-state index contributed by atoms with van der Waals surface area (Å²) in [6.45, 7) is 5.09. The Balaban J connectivity index is 1.61. The average molecular weight is 333 g/mol. The molecule has 1 aliphatic rings. The number of halogens is 1. The zero-order valence-electron chi connectivity index (χ0n) is 10.8. The fourth-order valence-corrected chi connectivity index (χ4v) is 3.54. The third-order valence-corrected chi connectivity index (χ3v) is 4.89. The first-order valence-electron chi connectivity index (χ1n) is 6.49. The van der Waals surface area contributed by atoms with Gasteiger partial charge in [0, 0.05) is 31.1 Å². The molecule has 0 aromatic carbocycles. The van der Waals surface area contributed by atoms with Crippen LogP contribution in [0.3, 0.4) is 0 Å². The van der Waals surface area contributed by atoms with Crippen LogP contribution in [0.5, 0.6) is 0 Å². The fraction of sp³-hybridized carbons (Fsp3) is 0.692. The van der Waals surface area contributed by atoms with Gasteiger partial charge >= 0.3 is 0 Å². The zero-order chi connectivity index (χ0) is 12.8. The first kappa shape index (κ1) is 14.5. The number of hydrogen-bond donors (Lipinski definition) is 1. The first-order chi connectivity index (χ1) is 8.74. The van der Waals surface area contributed by atoms with Crippen molar-refractivity contribution in [3.05, 3.63) is 20.8 Å². The van der Waals surface area contributed by atoms with E-state index in [-0.39, 0.29) is 0 Å². The lowest BCUT2D eigenvalue weighted by atomic mass is 10.2. The van der Waals surface area contributed by atoms with Gasteiger partial charge < -0.3 is 15.0 Å². The summed E-state index contributed by atoms with van der Waals surface area (Å²) in [6, 6.07) is 4.33. The molecule has 5 heteroatoms. The summed E-state index contributed by atoms with van der Waals surface area (Å²) >= 11 is 5.33. The highest BCUT2D eigenvalue weighted by Gasteiger charge is 2.13. The summed E-state index contributed by atoms with van der Waals surface area (Å²) in [4.78, 5) is 3.84. The van der Waals surface area contributed by atoms with Crippen LogP contribution in [-0.4, -0.2) is 50.8 Å². The van der Waals surface area contributed by atoms with Gasteiger partial charge in [0.25, 0.3) is 0 Å². The molecule has 0 radical (unpaired) electrons. The molecule has 3 nitrogen and oxygen atoms in total. The van der Waals surface area contributed by atoms with Gasteiger partial charge in [0.15, 0.2) is 0 Å². The van der Waals surface area contributed by atoms with Crippen molar-refractivity contribution in [2.24, 2.45) is 0 Å². The Labute approximate surface area is 122 Å². The molecule has 2 rings (SSSR count). The second kappa shape index (κ2) is 7.60. The molecule has 1 aliphatic heterocycles. The summed E-state index contributed by atoms with van der Waals surface area (Å²) in [6.07, 6.45) is 2.66. The van der Waals surface area contributed by atoms with Crippen LogP contribution in [-0.2, 0) is 11.2 Å². The average Bonchev–Trinajstić information content (AvgIpc) is 2.81. The maximum atomic E-state index is 5.70. The Morgan fingerprint density at radius 1 is 1.50 bits per heavy atom. The van der Waals surface area contributed by atoms with E-state index in [1.165, 1.54) is 8.66 Å². The van der Waals surface area contributed by atoms with Crippen LogP contribution in [0.1, 0.15) is 11.3 Å². The van der Waals surface area contributed by atoms with Crippen LogP contribution in [0, 0.1) is 0 Å². The minimum Gasteiger partial charge on any atom is -0.376 e. The third kappa shape index (κ3) is 4.97. The van der Waals surface area contributed by atoms with Gasteiger partial charge in [-0.15, -0.1) is 11.3 Å². The summed E-state index contributed by atoms with van der Waals surface area (Å²) in [5.74, 6) is 0. The van der Waals surface area contributed by atoms with Crippen LogP contribution >= 0.6 is 27.3 Å². The van der Waals surface area contributed by atoms with E-state index in [4.69, 9.17) is 4.74 Å². The molecule has 1 atom stereocenters. The number of rotatable bonds is 6. The highest BCUT2D eigenvalue weighted by Crippen LogP contribution is 2.22.